The average Bonchev–Trinajstić information content (AvgIpc) is 3.34. The molecule has 5 aromatic carbocycles. The van der Waals surface area contributed by atoms with Crippen molar-refractivity contribution >= 4 is 33.1 Å². The molecule has 0 unspecified atom stereocenters. The van der Waals surface area contributed by atoms with Crippen LogP contribution in [-0.4, -0.2) is 0 Å². The molecule has 0 spiro atoms. The van der Waals surface area contributed by atoms with Crippen LogP contribution in [0.15, 0.2) is 139 Å². The van der Waals surface area contributed by atoms with Gasteiger partial charge in [-0.05, 0) is 98.7 Å². The SMILES string of the molecule is C/C(=C1\C(=C(\C2=CCCC=C2)c2ccccc2)c2cccc3c(-c4ccc(C)cc4)ccc1c23)c1ccccc1. The summed E-state index contributed by atoms with van der Waals surface area (Å²) in [6, 6.07) is 42.3. The fraction of sp³-hybridized carbons (Fsp3) is 0.100. The van der Waals surface area contributed by atoms with Gasteiger partial charge in [-0.15, -0.1) is 0 Å². The van der Waals surface area contributed by atoms with Crippen molar-refractivity contribution in [2.75, 3.05) is 0 Å². The molecule has 0 saturated heterocycles. The molecule has 0 N–H and O–H groups in total. The van der Waals surface area contributed by atoms with Crippen molar-refractivity contribution in [1.29, 1.82) is 0 Å². The highest BCUT2D eigenvalue weighted by molar-refractivity contribution is 6.34. The molecule has 40 heavy (non-hydrogen) atoms. The maximum atomic E-state index is 2.42. The van der Waals surface area contributed by atoms with E-state index in [1.807, 2.05) is 0 Å². The van der Waals surface area contributed by atoms with E-state index in [0.29, 0.717) is 0 Å². The van der Waals surface area contributed by atoms with E-state index in [1.54, 1.807) is 0 Å². The number of hydrogen-bond donors (Lipinski definition) is 0. The van der Waals surface area contributed by atoms with Crippen LogP contribution in [0.25, 0.3) is 44.2 Å². The molecule has 7 rings (SSSR count). The Hall–Kier alpha value is -4.68. The second-order valence-electron chi connectivity index (χ2n) is 10.9. The molecule has 192 valence electrons. The topological polar surface area (TPSA) is 0 Å². The summed E-state index contributed by atoms with van der Waals surface area (Å²) in [4.78, 5) is 0. The molecule has 5 aromatic rings. The van der Waals surface area contributed by atoms with Crippen molar-refractivity contribution < 1.29 is 0 Å². The fourth-order valence-corrected chi connectivity index (χ4v) is 6.42. The molecular formula is C40H32. The zero-order valence-corrected chi connectivity index (χ0v) is 23.1. The average molecular weight is 513 g/mol. The summed E-state index contributed by atoms with van der Waals surface area (Å²) in [6.07, 6.45) is 9.24. The number of aryl methyl sites for hydroxylation is 1. The number of allylic oxidation sites excluding steroid dienone is 8. The van der Waals surface area contributed by atoms with Gasteiger partial charge in [0.15, 0.2) is 0 Å². The van der Waals surface area contributed by atoms with Gasteiger partial charge in [0.05, 0.1) is 0 Å². The molecule has 0 radical (unpaired) electrons. The van der Waals surface area contributed by atoms with Gasteiger partial charge in [-0.25, -0.2) is 0 Å². The highest BCUT2D eigenvalue weighted by Gasteiger charge is 2.31. The van der Waals surface area contributed by atoms with E-state index in [4.69, 9.17) is 0 Å². The summed E-state index contributed by atoms with van der Waals surface area (Å²) in [5.41, 5.74) is 15.6. The zero-order chi connectivity index (χ0) is 27.1. The van der Waals surface area contributed by atoms with Crippen LogP contribution in [0.3, 0.4) is 0 Å². The normalized spacial score (nSPS) is 16.7. The monoisotopic (exact) mass is 512 g/mol. The maximum Gasteiger partial charge on any atom is -0.00113 e. The van der Waals surface area contributed by atoms with Crippen LogP contribution in [0.1, 0.15) is 47.6 Å². The summed E-state index contributed by atoms with van der Waals surface area (Å²) in [5, 5.41) is 2.67. The maximum absolute atomic E-state index is 2.42. The van der Waals surface area contributed by atoms with Crippen LogP contribution in [-0.2, 0) is 0 Å². The molecule has 0 heteroatoms. The van der Waals surface area contributed by atoms with Crippen molar-refractivity contribution in [3.8, 4) is 11.1 Å². The van der Waals surface area contributed by atoms with E-state index in [2.05, 4.69) is 147 Å². The van der Waals surface area contributed by atoms with Gasteiger partial charge < -0.3 is 0 Å². The molecule has 0 nitrogen and oxygen atoms in total. The molecule has 0 fully saturated rings. The summed E-state index contributed by atoms with van der Waals surface area (Å²) in [6.45, 7) is 4.45. The lowest BCUT2D eigenvalue weighted by Crippen LogP contribution is -1.97. The molecule has 0 aromatic heterocycles. The fourth-order valence-electron chi connectivity index (χ4n) is 6.42. The third-order valence-electron chi connectivity index (χ3n) is 8.37. The molecule has 2 aliphatic rings. The Balaban J connectivity index is 1.62. The van der Waals surface area contributed by atoms with Crippen LogP contribution in [0.4, 0.5) is 0 Å². The highest BCUT2D eigenvalue weighted by atomic mass is 14.3. The van der Waals surface area contributed by atoms with E-state index < -0.39 is 0 Å². The predicted octanol–water partition coefficient (Wildman–Crippen LogP) is 10.9. The van der Waals surface area contributed by atoms with E-state index in [1.165, 1.54) is 77.6 Å². The van der Waals surface area contributed by atoms with Gasteiger partial charge in [-0.3, -0.25) is 0 Å². The van der Waals surface area contributed by atoms with E-state index >= 15 is 0 Å². The van der Waals surface area contributed by atoms with E-state index in [9.17, 15) is 0 Å². The Morgan fingerprint density at radius 3 is 1.95 bits per heavy atom. The number of rotatable bonds is 4. The minimum absolute atomic E-state index is 1.07. The first-order chi connectivity index (χ1) is 19.7. The van der Waals surface area contributed by atoms with Gasteiger partial charge in [0.2, 0.25) is 0 Å². The zero-order valence-electron chi connectivity index (χ0n) is 23.1. The van der Waals surface area contributed by atoms with Crippen molar-refractivity contribution in [1.82, 2.24) is 0 Å². The molecule has 0 atom stereocenters. The van der Waals surface area contributed by atoms with Gasteiger partial charge >= 0.3 is 0 Å². The quantitative estimate of drug-likeness (QED) is 0.225. The van der Waals surface area contributed by atoms with Crippen LogP contribution in [0, 0.1) is 6.92 Å². The van der Waals surface area contributed by atoms with Gasteiger partial charge in [0.1, 0.15) is 0 Å². The summed E-state index contributed by atoms with van der Waals surface area (Å²) in [7, 11) is 0. The minimum atomic E-state index is 1.07. The van der Waals surface area contributed by atoms with Gasteiger partial charge in [0, 0.05) is 0 Å². The molecule has 2 aliphatic carbocycles. The third-order valence-corrected chi connectivity index (χ3v) is 8.37. The minimum Gasteiger partial charge on any atom is -0.0836 e. The molecule has 0 saturated carbocycles. The van der Waals surface area contributed by atoms with Crippen LogP contribution < -0.4 is 0 Å². The van der Waals surface area contributed by atoms with Crippen molar-refractivity contribution in [3.05, 3.63) is 167 Å². The van der Waals surface area contributed by atoms with Crippen LogP contribution in [0.2, 0.25) is 0 Å². The van der Waals surface area contributed by atoms with Crippen molar-refractivity contribution in [2.45, 2.75) is 26.7 Å². The van der Waals surface area contributed by atoms with Crippen molar-refractivity contribution in [2.24, 2.45) is 0 Å². The number of benzene rings is 5. The first-order valence-electron chi connectivity index (χ1n) is 14.3. The first-order valence-corrected chi connectivity index (χ1v) is 14.3. The lowest BCUT2D eigenvalue weighted by Gasteiger charge is -2.20. The van der Waals surface area contributed by atoms with E-state index in [0.717, 1.165) is 12.8 Å². The Kier molecular flexibility index (Phi) is 6.17. The molecule has 0 amide bonds. The Labute approximate surface area is 237 Å². The predicted molar refractivity (Wildman–Crippen MR) is 173 cm³/mol. The van der Waals surface area contributed by atoms with Crippen molar-refractivity contribution in [3.63, 3.8) is 0 Å². The Morgan fingerprint density at radius 1 is 0.575 bits per heavy atom. The Bertz CT molecular complexity index is 1860. The second-order valence-corrected chi connectivity index (χ2v) is 10.9. The molecular weight excluding hydrogens is 480 g/mol. The van der Waals surface area contributed by atoms with Crippen LogP contribution >= 0.6 is 0 Å². The molecule has 0 bridgehead atoms. The second kappa shape index (κ2) is 10.1. The lowest BCUT2D eigenvalue weighted by molar-refractivity contribution is 1.03. The molecule has 0 heterocycles. The van der Waals surface area contributed by atoms with Gasteiger partial charge in [0.25, 0.3) is 0 Å². The van der Waals surface area contributed by atoms with Gasteiger partial charge in [-0.2, -0.15) is 0 Å². The van der Waals surface area contributed by atoms with Crippen LogP contribution in [0.5, 0.6) is 0 Å². The van der Waals surface area contributed by atoms with E-state index in [-0.39, 0.29) is 0 Å². The number of hydrogen-bond acceptors (Lipinski definition) is 0. The first kappa shape index (κ1) is 24.4. The summed E-state index contributed by atoms with van der Waals surface area (Å²) >= 11 is 0. The molecule has 0 aliphatic heterocycles. The largest absolute Gasteiger partial charge is 0.0836 e. The summed E-state index contributed by atoms with van der Waals surface area (Å²) < 4.78 is 0. The third kappa shape index (κ3) is 4.08. The standard InChI is InChI=1S/C40H32/c1-27-21-23-30(24-22-27)33-25-26-36-37(28(2)29-13-6-3-7-14-29)40(35-20-12-19-34(33)39(35)36)38(31-15-8-4-9-16-31)32-17-10-5-11-18-32/h3-4,6-10,12-26H,5,11H2,1-2H3/b37-28+,40-38+. The van der Waals surface area contributed by atoms with Gasteiger partial charge in [-0.1, -0.05) is 139 Å². The lowest BCUT2D eigenvalue weighted by atomic mass is 9.83. The Morgan fingerprint density at radius 2 is 1.25 bits per heavy atom. The summed E-state index contributed by atoms with van der Waals surface area (Å²) in [5.74, 6) is 0. The smallest absolute Gasteiger partial charge is 0.00113 e. The highest BCUT2D eigenvalue weighted by Crippen LogP contribution is 2.54.